The molecule has 5 nitrogen and oxygen atoms in total. The molecule has 0 aromatic heterocycles. The normalized spacial score (nSPS) is 27.0. The standard InChI is InChI=1S/C16H19BrN2O3S2/c1-9(2)15(20)18-16-19(11-4-5-12(17)10(3)6-11)13-7-24(21,22)8-14(13)23-16/h4-6,9,13-14H,7-8H2,1-3H3/t13-,14-/m1/s1. The summed E-state index contributed by atoms with van der Waals surface area (Å²) < 4.78 is 25.0. The van der Waals surface area contributed by atoms with Crippen LogP contribution >= 0.6 is 27.7 Å². The molecule has 0 saturated carbocycles. The number of hydrogen-bond acceptors (Lipinski definition) is 4. The van der Waals surface area contributed by atoms with Gasteiger partial charge in [0.05, 0.1) is 17.5 Å². The minimum atomic E-state index is -3.04. The van der Waals surface area contributed by atoms with E-state index in [1.54, 1.807) is 0 Å². The molecule has 2 fully saturated rings. The van der Waals surface area contributed by atoms with Gasteiger partial charge in [0.15, 0.2) is 15.0 Å². The first-order valence-electron chi connectivity index (χ1n) is 7.73. The van der Waals surface area contributed by atoms with Gasteiger partial charge in [0.1, 0.15) is 0 Å². The third kappa shape index (κ3) is 3.41. The molecule has 130 valence electrons. The predicted octanol–water partition coefficient (Wildman–Crippen LogP) is 3.01. The van der Waals surface area contributed by atoms with Crippen LogP contribution in [0.4, 0.5) is 5.69 Å². The molecule has 0 unspecified atom stereocenters. The number of carbonyl (C=O) groups excluding carboxylic acids is 1. The molecule has 2 aliphatic heterocycles. The van der Waals surface area contributed by atoms with Crippen LogP contribution in [0.3, 0.4) is 0 Å². The van der Waals surface area contributed by atoms with E-state index in [1.165, 1.54) is 11.8 Å². The van der Waals surface area contributed by atoms with Crippen molar-refractivity contribution in [3.05, 3.63) is 28.2 Å². The first-order chi connectivity index (χ1) is 11.2. The zero-order chi connectivity index (χ0) is 17.6. The van der Waals surface area contributed by atoms with Crippen LogP contribution in [0.2, 0.25) is 0 Å². The van der Waals surface area contributed by atoms with Crippen LogP contribution in [0.5, 0.6) is 0 Å². The SMILES string of the molecule is Cc1cc(N2C(=NC(=O)C(C)C)S[C@@H]3CS(=O)(=O)C[C@H]32)ccc1Br. The van der Waals surface area contributed by atoms with Crippen LogP contribution in [-0.4, -0.2) is 42.3 Å². The summed E-state index contributed by atoms with van der Waals surface area (Å²) in [5.74, 6) is -0.118. The fourth-order valence-electron chi connectivity index (χ4n) is 2.87. The Hall–Kier alpha value is -0.860. The van der Waals surface area contributed by atoms with Crippen molar-refractivity contribution in [2.75, 3.05) is 16.4 Å². The lowest BCUT2D eigenvalue weighted by atomic mass is 10.1. The molecule has 8 heteroatoms. The van der Waals surface area contributed by atoms with Gasteiger partial charge >= 0.3 is 0 Å². The molecule has 0 N–H and O–H groups in total. The van der Waals surface area contributed by atoms with Gasteiger partial charge in [-0.25, -0.2) is 8.42 Å². The Bertz CT molecular complexity index is 821. The molecule has 0 aliphatic carbocycles. The van der Waals surface area contributed by atoms with Crippen molar-refractivity contribution in [1.29, 1.82) is 0 Å². The summed E-state index contributed by atoms with van der Waals surface area (Å²) >= 11 is 4.89. The van der Waals surface area contributed by atoms with Gasteiger partial charge in [0, 0.05) is 21.3 Å². The van der Waals surface area contributed by atoms with Gasteiger partial charge in [-0.15, -0.1) is 0 Å². The average Bonchev–Trinajstić information content (AvgIpc) is 2.93. The van der Waals surface area contributed by atoms with Gasteiger partial charge in [-0.2, -0.15) is 4.99 Å². The molecule has 2 heterocycles. The van der Waals surface area contributed by atoms with Crippen LogP contribution in [-0.2, 0) is 14.6 Å². The minimum absolute atomic E-state index is 0.0716. The Balaban J connectivity index is 2.04. The molecule has 0 bridgehead atoms. The molecule has 1 aromatic carbocycles. The maximum atomic E-state index is 12.1. The number of benzene rings is 1. The second kappa shape index (κ2) is 6.46. The number of thioether (sulfide) groups is 1. The molecule has 0 spiro atoms. The van der Waals surface area contributed by atoms with E-state index in [-0.39, 0.29) is 34.6 Å². The van der Waals surface area contributed by atoms with Crippen LogP contribution in [0.1, 0.15) is 19.4 Å². The first kappa shape index (κ1) is 17.9. The monoisotopic (exact) mass is 430 g/mol. The van der Waals surface area contributed by atoms with Crippen molar-refractivity contribution < 1.29 is 13.2 Å². The quantitative estimate of drug-likeness (QED) is 0.720. The Morgan fingerprint density at radius 2 is 2.08 bits per heavy atom. The van der Waals surface area contributed by atoms with E-state index >= 15 is 0 Å². The average molecular weight is 431 g/mol. The van der Waals surface area contributed by atoms with Gasteiger partial charge < -0.3 is 4.90 Å². The molecule has 2 aliphatic rings. The van der Waals surface area contributed by atoms with Crippen molar-refractivity contribution in [1.82, 2.24) is 0 Å². The summed E-state index contributed by atoms with van der Waals surface area (Å²) in [5.41, 5.74) is 1.93. The molecule has 1 aromatic rings. The maximum absolute atomic E-state index is 12.1. The van der Waals surface area contributed by atoms with E-state index in [0.29, 0.717) is 5.17 Å². The lowest BCUT2D eigenvalue weighted by Gasteiger charge is -2.25. The molecule has 2 atom stereocenters. The summed E-state index contributed by atoms with van der Waals surface area (Å²) in [4.78, 5) is 18.3. The fraction of sp³-hybridized carbons (Fsp3) is 0.500. The van der Waals surface area contributed by atoms with Crippen molar-refractivity contribution in [3.63, 3.8) is 0 Å². The highest BCUT2D eigenvalue weighted by Gasteiger charge is 2.49. The molecule has 2 saturated heterocycles. The smallest absolute Gasteiger partial charge is 0.250 e. The number of amides is 1. The Morgan fingerprint density at radius 3 is 2.71 bits per heavy atom. The Morgan fingerprint density at radius 1 is 1.38 bits per heavy atom. The molecule has 1 amide bonds. The van der Waals surface area contributed by atoms with E-state index in [9.17, 15) is 13.2 Å². The molecular formula is C16H19BrN2O3S2. The van der Waals surface area contributed by atoms with Crippen molar-refractivity contribution in [2.24, 2.45) is 10.9 Å². The lowest BCUT2D eigenvalue weighted by molar-refractivity contribution is -0.120. The predicted molar refractivity (Wildman–Crippen MR) is 102 cm³/mol. The van der Waals surface area contributed by atoms with Crippen molar-refractivity contribution >= 4 is 54.3 Å². The second-order valence-corrected chi connectivity index (χ2v) is 10.7. The highest BCUT2D eigenvalue weighted by atomic mass is 79.9. The van der Waals surface area contributed by atoms with Crippen LogP contribution in [0, 0.1) is 12.8 Å². The number of amidine groups is 1. The van der Waals surface area contributed by atoms with E-state index in [0.717, 1.165) is 15.7 Å². The number of aliphatic imine (C=N–C) groups is 1. The highest BCUT2D eigenvalue weighted by Crippen LogP contribution is 2.41. The Labute approximate surface area is 155 Å². The second-order valence-electron chi connectivity index (χ2n) is 6.49. The maximum Gasteiger partial charge on any atom is 0.250 e. The van der Waals surface area contributed by atoms with Crippen LogP contribution in [0.25, 0.3) is 0 Å². The number of rotatable bonds is 2. The topological polar surface area (TPSA) is 66.8 Å². The van der Waals surface area contributed by atoms with E-state index in [2.05, 4.69) is 20.9 Å². The highest BCUT2D eigenvalue weighted by molar-refractivity contribution is 9.10. The zero-order valence-corrected chi connectivity index (χ0v) is 16.9. The lowest BCUT2D eigenvalue weighted by Crippen LogP contribution is -2.37. The van der Waals surface area contributed by atoms with Crippen LogP contribution < -0.4 is 4.90 Å². The molecule has 24 heavy (non-hydrogen) atoms. The number of hydrogen-bond donors (Lipinski definition) is 0. The molecule has 0 radical (unpaired) electrons. The summed E-state index contributed by atoms with van der Waals surface area (Å²) in [6.45, 7) is 5.60. The summed E-state index contributed by atoms with van der Waals surface area (Å²) in [6.07, 6.45) is 0. The Kier molecular flexibility index (Phi) is 4.83. The number of aryl methyl sites for hydroxylation is 1. The number of nitrogens with zero attached hydrogens (tertiary/aromatic N) is 2. The fourth-order valence-corrected chi connectivity index (χ4v) is 7.03. The number of carbonyl (C=O) groups is 1. The van der Waals surface area contributed by atoms with Gasteiger partial charge in [0.2, 0.25) is 0 Å². The number of fused-ring (bicyclic) bond motifs is 1. The van der Waals surface area contributed by atoms with Crippen LogP contribution in [0.15, 0.2) is 27.7 Å². The van der Waals surface area contributed by atoms with Crippen molar-refractivity contribution in [3.8, 4) is 0 Å². The van der Waals surface area contributed by atoms with E-state index < -0.39 is 9.84 Å². The minimum Gasteiger partial charge on any atom is -0.316 e. The number of sulfone groups is 1. The van der Waals surface area contributed by atoms with Gasteiger partial charge in [-0.1, -0.05) is 41.5 Å². The molecule has 3 rings (SSSR count). The number of anilines is 1. The summed E-state index contributed by atoms with van der Waals surface area (Å²) in [5, 5.41) is 0.540. The van der Waals surface area contributed by atoms with Gasteiger partial charge in [-0.05, 0) is 30.7 Å². The zero-order valence-electron chi connectivity index (χ0n) is 13.7. The molecular weight excluding hydrogens is 412 g/mol. The third-order valence-corrected chi connectivity index (χ3v) is 8.29. The largest absolute Gasteiger partial charge is 0.316 e. The first-order valence-corrected chi connectivity index (χ1v) is 11.2. The summed E-state index contributed by atoms with van der Waals surface area (Å²) in [6, 6.07) is 5.70. The van der Waals surface area contributed by atoms with Crippen molar-refractivity contribution in [2.45, 2.75) is 32.1 Å². The van der Waals surface area contributed by atoms with E-state index in [4.69, 9.17) is 0 Å². The van der Waals surface area contributed by atoms with Gasteiger partial charge in [0.25, 0.3) is 5.91 Å². The number of halogens is 1. The summed E-state index contributed by atoms with van der Waals surface area (Å²) in [7, 11) is -3.04. The van der Waals surface area contributed by atoms with E-state index in [1.807, 2.05) is 43.9 Å². The van der Waals surface area contributed by atoms with Gasteiger partial charge in [-0.3, -0.25) is 4.79 Å². The third-order valence-electron chi connectivity index (χ3n) is 4.19.